The number of benzene rings is 2. The zero-order valence-electron chi connectivity index (χ0n) is 17.7. The number of rotatable bonds is 5. The summed E-state index contributed by atoms with van der Waals surface area (Å²) in [7, 11) is 0. The van der Waals surface area contributed by atoms with Crippen LogP contribution >= 0.6 is 22.6 Å². The summed E-state index contributed by atoms with van der Waals surface area (Å²) in [5.74, 6) is 0.346. The van der Waals surface area contributed by atoms with E-state index in [2.05, 4.69) is 42.6 Å². The van der Waals surface area contributed by atoms with Gasteiger partial charge in [-0.15, -0.1) is 0 Å². The van der Waals surface area contributed by atoms with E-state index in [4.69, 9.17) is 25.4 Å². The Balaban J connectivity index is 0.000000299. The molecule has 0 saturated carbocycles. The van der Waals surface area contributed by atoms with Gasteiger partial charge in [0.2, 0.25) is 11.8 Å². The van der Waals surface area contributed by atoms with Crippen LogP contribution in [0.1, 0.15) is 11.4 Å². The van der Waals surface area contributed by atoms with E-state index in [9.17, 15) is 8.78 Å². The van der Waals surface area contributed by atoms with Gasteiger partial charge in [-0.25, -0.2) is 18.7 Å². The van der Waals surface area contributed by atoms with Gasteiger partial charge in [-0.05, 0) is 54.1 Å². The Morgan fingerprint density at radius 2 is 1.21 bits per heavy atom. The van der Waals surface area contributed by atoms with Gasteiger partial charge in [0.15, 0.2) is 0 Å². The van der Waals surface area contributed by atoms with Crippen LogP contribution in [-0.2, 0) is 11.0 Å². The first-order chi connectivity index (χ1) is 16.0. The number of oxazole rings is 2. The van der Waals surface area contributed by atoms with Crippen LogP contribution in [0.4, 0.5) is 8.78 Å². The zero-order valence-corrected chi connectivity index (χ0v) is 21.9. The van der Waals surface area contributed by atoms with Crippen LogP contribution in [0.5, 0.6) is 0 Å². The van der Waals surface area contributed by atoms with Crippen molar-refractivity contribution in [3.8, 4) is 22.9 Å². The Bertz CT molecular complexity index is 1240. The molecule has 0 radical (unpaired) electrons. The predicted molar refractivity (Wildman–Crippen MR) is 124 cm³/mol. The zero-order chi connectivity index (χ0) is 24.1. The van der Waals surface area contributed by atoms with Crippen molar-refractivity contribution in [1.82, 2.24) is 9.97 Å². The van der Waals surface area contributed by atoms with Crippen molar-refractivity contribution < 1.29 is 47.2 Å². The van der Waals surface area contributed by atoms with Gasteiger partial charge in [0.1, 0.15) is 24.2 Å². The third-order valence-corrected chi connectivity index (χ3v) is 4.50. The fourth-order valence-corrected chi connectivity index (χ4v) is 2.65. The minimum absolute atomic E-state index is 0. The summed E-state index contributed by atoms with van der Waals surface area (Å²) >= 11 is 2.21. The van der Waals surface area contributed by atoms with Crippen LogP contribution in [-0.4, -0.2) is 9.97 Å². The molecule has 0 amide bonds. The van der Waals surface area contributed by atoms with Gasteiger partial charge in [-0.3, -0.25) is 4.91 Å². The summed E-state index contributed by atoms with van der Waals surface area (Å²) in [6.45, 7) is 0.140. The average molecular weight is 586 g/mol. The summed E-state index contributed by atoms with van der Waals surface area (Å²) in [6.07, 6.45) is 3.03. The summed E-state index contributed by atoms with van der Waals surface area (Å²) < 4.78 is 36.5. The SMILES string of the molecule is Fc1ccc(-c2nc(CI)co2)cc1.[N-]=[N+]=NCc1coc(-c2ccc(F)cc2)n1.[N-]=[N+]=[N-].[Na+]. The Kier molecular flexibility index (Phi) is 13.5. The monoisotopic (exact) mass is 586 g/mol. The second-order valence-corrected chi connectivity index (χ2v) is 6.68. The first-order valence-electron chi connectivity index (χ1n) is 8.96. The van der Waals surface area contributed by atoms with Crippen molar-refractivity contribution in [3.63, 3.8) is 0 Å². The summed E-state index contributed by atoms with van der Waals surface area (Å²) in [5.41, 5.74) is 24.5. The molecule has 168 valence electrons. The standard InChI is InChI=1S/C10H7FINO.C10H7FN4O.N3.Na/c11-8-3-1-7(2-4-8)10-13-9(5-12)6-14-10;11-8-3-1-7(2-4-8)10-14-9(6-16-10)5-13-15-12;1-3-2;/h1-4,6H,5H2;1-4,6H,5H2;;/q;;-1;+1. The molecule has 0 saturated heterocycles. The molecule has 4 aromatic rings. The van der Waals surface area contributed by atoms with Crippen LogP contribution < -0.4 is 29.6 Å². The molecule has 0 fully saturated rings. The minimum atomic E-state index is -0.315. The molecule has 0 bridgehead atoms. The fraction of sp³-hybridized carbons (Fsp3) is 0.100. The van der Waals surface area contributed by atoms with Crippen molar-refractivity contribution in [2.45, 2.75) is 11.0 Å². The first kappa shape index (κ1) is 29.1. The Labute approximate surface area is 227 Å². The molecule has 0 aliphatic rings. The molecule has 0 unspecified atom stereocenters. The second-order valence-electron chi connectivity index (χ2n) is 5.91. The third-order valence-electron chi connectivity index (χ3n) is 3.72. The maximum atomic E-state index is 12.7. The molecule has 0 aliphatic carbocycles. The summed E-state index contributed by atoms with van der Waals surface area (Å²) in [5, 5.41) is 3.36. The van der Waals surface area contributed by atoms with E-state index in [1.165, 1.54) is 35.4 Å². The van der Waals surface area contributed by atoms with Gasteiger partial charge >= 0.3 is 29.6 Å². The van der Waals surface area contributed by atoms with Crippen molar-refractivity contribution in [2.24, 2.45) is 5.11 Å². The summed E-state index contributed by atoms with van der Waals surface area (Å²) in [4.78, 5) is 12.4. The number of nitrogens with zero attached hydrogens (tertiary/aromatic N) is 8. The topological polar surface area (TPSA) is 160 Å². The number of halogens is 3. The van der Waals surface area contributed by atoms with Crippen LogP contribution in [0.15, 0.2) is 75.0 Å². The van der Waals surface area contributed by atoms with E-state index >= 15 is 0 Å². The predicted octanol–water partition coefficient (Wildman–Crippen LogP) is 4.58. The average Bonchev–Trinajstić information content (AvgIpc) is 3.50. The van der Waals surface area contributed by atoms with Gasteiger partial charge in [-0.1, -0.05) is 27.7 Å². The van der Waals surface area contributed by atoms with Gasteiger partial charge < -0.3 is 19.9 Å². The van der Waals surface area contributed by atoms with Gasteiger partial charge in [0.05, 0.1) is 17.9 Å². The van der Waals surface area contributed by atoms with Crippen molar-refractivity contribution in [2.75, 3.05) is 0 Å². The number of alkyl halides is 1. The molecule has 0 N–H and O–H groups in total. The molecule has 0 spiro atoms. The van der Waals surface area contributed by atoms with Crippen LogP contribution in [0.25, 0.3) is 49.3 Å². The molecule has 10 nitrogen and oxygen atoms in total. The molecule has 4 rings (SSSR count). The number of hydrogen-bond acceptors (Lipinski definition) is 5. The van der Waals surface area contributed by atoms with E-state index < -0.39 is 0 Å². The molecule has 2 aromatic heterocycles. The van der Waals surface area contributed by atoms with Gasteiger partial charge in [0.25, 0.3) is 0 Å². The molecule has 0 aliphatic heterocycles. The van der Waals surface area contributed by atoms with Crippen molar-refractivity contribution >= 4 is 22.6 Å². The molecule has 2 heterocycles. The third kappa shape index (κ3) is 9.51. The smallest absolute Gasteiger partial charge is 0.444 e. The number of azide groups is 1. The van der Waals surface area contributed by atoms with Crippen LogP contribution in [0.3, 0.4) is 0 Å². The Morgan fingerprint density at radius 3 is 1.59 bits per heavy atom. The minimum Gasteiger partial charge on any atom is -0.444 e. The normalized spacial score (nSPS) is 9.15. The van der Waals surface area contributed by atoms with E-state index in [0.29, 0.717) is 23.0 Å². The molecule has 14 heteroatoms. The fourth-order valence-electron chi connectivity index (χ4n) is 2.30. The molecular formula is C20H14F2IN8NaO2. The number of aromatic nitrogens is 2. The Hall–Kier alpha value is -2.93. The molecule has 2 aromatic carbocycles. The Morgan fingerprint density at radius 1 is 0.794 bits per heavy atom. The van der Waals surface area contributed by atoms with Crippen LogP contribution in [0, 0.1) is 11.6 Å². The maximum absolute atomic E-state index is 12.7. The van der Waals surface area contributed by atoms with Gasteiger partial charge in [-0.2, -0.15) is 0 Å². The van der Waals surface area contributed by atoms with E-state index in [0.717, 1.165) is 15.7 Å². The largest absolute Gasteiger partial charge is 1.00 e. The molecule has 0 atom stereocenters. The van der Waals surface area contributed by atoms with Crippen molar-refractivity contribution in [1.29, 1.82) is 0 Å². The quantitative estimate of drug-likeness (QED) is 0.0837. The number of hydrogen-bond donors (Lipinski definition) is 0. The van der Waals surface area contributed by atoms with E-state index in [-0.39, 0.29) is 47.7 Å². The van der Waals surface area contributed by atoms with Crippen molar-refractivity contribution in [3.05, 3.63) is 110 Å². The van der Waals surface area contributed by atoms with Crippen LogP contribution in [0.2, 0.25) is 0 Å². The second kappa shape index (κ2) is 15.8. The van der Waals surface area contributed by atoms with E-state index in [1.807, 2.05) is 0 Å². The first-order valence-corrected chi connectivity index (χ1v) is 10.5. The van der Waals surface area contributed by atoms with E-state index in [1.54, 1.807) is 30.5 Å². The molecular weight excluding hydrogens is 572 g/mol. The maximum Gasteiger partial charge on any atom is 1.00 e. The summed E-state index contributed by atoms with van der Waals surface area (Å²) in [6, 6.07) is 11.9. The van der Waals surface area contributed by atoms with Gasteiger partial charge in [0, 0.05) is 20.5 Å². The molecule has 34 heavy (non-hydrogen) atoms.